The molecular weight excluding hydrogens is 216 g/mol. The molecule has 2 unspecified atom stereocenters. The molecule has 0 amide bonds. The average Bonchev–Trinajstić information content (AvgIpc) is 2.18. The predicted octanol–water partition coefficient (Wildman–Crippen LogP) is 0.818. The quantitative estimate of drug-likeness (QED) is 0.715. The molecule has 0 bridgehead atoms. The fourth-order valence-electron chi connectivity index (χ4n) is 0.722. The highest BCUT2D eigenvalue weighted by Crippen LogP contribution is 1.92. The number of ether oxygens (including phenoxy) is 4. The summed E-state index contributed by atoms with van der Waals surface area (Å²) in [5, 5.41) is 8.43. The highest BCUT2D eigenvalue weighted by atomic mass is 16.7. The average molecular weight is 238 g/mol. The lowest BCUT2D eigenvalue weighted by Crippen LogP contribution is -2.19. The summed E-state index contributed by atoms with van der Waals surface area (Å²) in [5.74, 6) is 0. The fraction of sp³-hybridized carbons (Fsp3) is 0.900. The Hall–Kier alpha value is -0.850. The van der Waals surface area contributed by atoms with Gasteiger partial charge in [0.2, 0.25) is 0 Å². The Morgan fingerprint density at radius 3 is 1.88 bits per heavy atom. The van der Waals surface area contributed by atoms with Crippen LogP contribution in [-0.4, -0.2) is 58.0 Å². The van der Waals surface area contributed by atoms with E-state index in [9.17, 15) is 4.79 Å². The van der Waals surface area contributed by atoms with Crippen molar-refractivity contribution in [3.8, 4) is 0 Å². The minimum atomic E-state index is -0.676. The molecule has 0 aromatic heterocycles. The molecule has 0 aliphatic heterocycles. The van der Waals surface area contributed by atoms with Crippen LogP contribution >= 0.6 is 0 Å². The first-order chi connectivity index (χ1) is 7.47. The highest BCUT2D eigenvalue weighted by molar-refractivity contribution is 5.59. The molecular formula is C10H22O6. The van der Waals surface area contributed by atoms with E-state index < -0.39 is 6.16 Å². The molecule has 0 aromatic carbocycles. The van der Waals surface area contributed by atoms with Crippen LogP contribution in [0.15, 0.2) is 0 Å². The van der Waals surface area contributed by atoms with Gasteiger partial charge in [-0.1, -0.05) is 0 Å². The van der Waals surface area contributed by atoms with E-state index in [0.29, 0.717) is 13.2 Å². The maximum absolute atomic E-state index is 10.4. The molecule has 0 aromatic rings. The van der Waals surface area contributed by atoms with Crippen LogP contribution in [0.2, 0.25) is 0 Å². The molecule has 6 heteroatoms. The number of carbonyl (C=O) groups is 1. The van der Waals surface area contributed by atoms with E-state index in [0.717, 1.165) is 0 Å². The first kappa shape index (κ1) is 17.5. The van der Waals surface area contributed by atoms with Gasteiger partial charge >= 0.3 is 6.16 Å². The van der Waals surface area contributed by atoms with Gasteiger partial charge in [-0.3, -0.25) is 0 Å². The summed E-state index contributed by atoms with van der Waals surface area (Å²) >= 11 is 0. The van der Waals surface area contributed by atoms with Crippen LogP contribution in [-0.2, 0) is 18.9 Å². The van der Waals surface area contributed by atoms with Gasteiger partial charge in [0.25, 0.3) is 0 Å². The van der Waals surface area contributed by atoms with Crippen molar-refractivity contribution in [2.45, 2.75) is 26.1 Å². The zero-order chi connectivity index (χ0) is 13.0. The van der Waals surface area contributed by atoms with Crippen LogP contribution in [0, 0.1) is 0 Å². The molecule has 2 atom stereocenters. The molecule has 0 fully saturated rings. The zero-order valence-electron chi connectivity index (χ0n) is 10.6. The van der Waals surface area contributed by atoms with E-state index in [-0.39, 0.29) is 12.2 Å². The van der Waals surface area contributed by atoms with Crippen molar-refractivity contribution >= 4 is 6.16 Å². The Morgan fingerprint density at radius 1 is 1.12 bits per heavy atom. The normalized spacial score (nSPS) is 13.1. The highest BCUT2D eigenvalue weighted by Gasteiger charge is 2.07. The van der Waals surface area contributed by atoms with Gasteiger partial charge in [-0.15, -0.1) is 0 Å². The van der Waals surface area contributed by atoms with Gasteiger partial charge in [-0.25, -0.2) is 4.79 Å². The number of aliphatic hydroxyl groups excluding tert-OH is 1. The molecule has 0 heterocycles. The Morgan fingerprint density at radius 2 is 1.62 bits per heavy atom. The second-order valence-corrected chi connectivity index (χ2v) is 3.14. The van der Waals surface area contributed by atoms with E-state index in [1.807, 2.05) is 0 Å². The van der Waals surface area contributed by atoms with Gasteiger partial charge in [-0.05, 0) is 13.8 Å². The maximum atomic E-state index is 10.4. The summed E-state index contributed by atoms with van der Waals surface area (Å²) in [6.45, 7) is 4.22. The molecule has 6 nitrogen and oxygen atoms in total. The zero-order valence-corrected chi connectivity index (χ0v) is 10.6. The van der Waals surface area contributed by atoms with Crippen molar-refractivity contribution in [1.29, 1.82) is 0 Å². The van der Waals surface area contributed by atoms with Crippen LogP contribution < -0.4 is 0 Å². The molecule has 16 heavy (non-hydrogen) atoms. The van der Waals surface area contributed by atoms with E-state index in [4.69, 9.17) is 9.84 Å². The first-order valence-corrected chi connectivity index (χ1v) is 4.88. The van der Waals surface area contributed by atoms with Gasteiger partial charge in [0.1, 0.15) is 6.10 Å². The SMILES string of the molecule is COCC(C)O.COCC(C)OC(=O)OC. The molecule has 0 aliphatic rings. The molecule has 1 N–H and O–H groups in total. The van der Waals surface area contributed by atoms with Crippen molar-refractivity contribution in [3.05, 3.63) is 0 Å². The number of methoxy groups -OCH3 is 3. The van der Waals surface area contributed by atoms with E-state index in [1.54, 1.807) is 21.0 Å². The monoisotopic (exact) mass is 238 g/mol. The Balaban J connectivity index is 0. The smallest absolute Gasteiger partial charge is 0.438 e. The third-order valence-electron chi connectivity index (χ3n) is 1.27. The molecule has 0 aliphatic carbocycles. The molecule has 0 saturated heterocycles. The van der Waals surface area contributed by atoms with Gasteiger partial charge in [-0.2, -0.15) is 0 Å². The van der Waals surface area contributed by atoms with Crippen LogP contribution in [0.3, 0.4) is 0 Å². The van der Waals surface area contributed by atoms with E-state index in [2.05, 4.69) is 14.2 Å². The van der Waals surface area contributed by atoms with Crippen molar-refractivity contribution in [3.63, 3.8) is 0 Å². The standard InChI is InChI=1S/C6H12O4.C4H10O2/c1-5(4-8-2)10-6(7)9-3;1-4(5)3-6-2/h5H,4H2,1-3H3;4-5H,3H2,1-2H3. The van der Waals surface area contributed by atoms with Crippen molar-refractivity contribution in [1.82, 2.24) is 0 Å². The van der Waals surface area contributed by atoms with Gasteiger partial charge < -0.3 is 24.1 Å². The summed E-state index contributed by atoms with van der Waals surface area (Å²) in [6.07, 6.45) is -1.25. The molecule has 0 saturated carbocycles. The second-order valence-electron chi connectivity index (χ2n) is 3.14. The van der Waals surface area contributed by atoms with Gasteiger partial charge in [0, 0.05) is 14.2 Å². The van der Waals surface area contributed by atoms with Crippen molar-refractivity contribution < 1.29 is 28.8 Å². The largest absolute Gasteiger partial charge is 0.508 e. The predicted molar refractivity (Wildman–Crippen MR) is 58.4 cm³/mol. The lowest BCUT2D eigenvalue weighted by Gasteiger charge is -2.09. The lowest BCUT2D eigenvalue weighted by atomic mass is 10.4. The van der Waals surface area contributed by atoms with Crippen LogP contribution in [0.5, 0.6) is 0 Å². The van der Waals surface area contributed by atoms with Crippen LogP contribution in [0.25, 0.3) is 0 Å². The molecule has 98 valence electrons. The summed E-state index contributed by atoms with van der Waals surface area (Å²) in [5.41, 5.74) is 0. The van der Waals surface area contributed by atoms with E-state index >= 15 is 0 Å². The Kier molecular flexibility index (Phi) is 13.4. The summed E-state index contributed by atoms with van der Waals surface area (Å²) in [4.78, 5) is 10.4. The van der Waals surface area contributed by atoms with Gasteiger partial charge in [0.05, 0.1) is 26.4 Å². The van der Waals surface area contributed by atoms with Crippen LogP contribution in [0.1, 0.15) is 13.8 Å². The summed E-state index contributed by atoms with van der Waals surface area (Å²) in [7, 11) is 4.37. The van der Waals surface area contributed by atoms with E-state index in [1.165, 1.54) is 14.2 Å². The molecule has 0 radical (unpaired) electrons. The van der Waals surface area contributed by atoms with Gasteiger partial charge in [0.15, 0.2) is 0 Å². The van der Waals surface area contributed by atoms with Crippen LogP contribution in [0.4, 0.5) is 4.79 Å². The Bertz CT molecular complexity index is 159. The lowest BCUT2D eigenvalue weighted by molar-refractivity contribution is 0.0106. The molecule has 0 rings (SSSR count). The van der Waals surface area contributed by atoms with Crippen molar-refractivity contribution in [2.75, 3.05) is 34.5 Å². The number of rotatable bonds is 5. The summed E-state index contributed by atoms with van der Waals surface area (Å²) in [6, 6.07) is 0. The number of aliphatic hydroxyl groups is 1. The topological polar surface area (TPSA) is 74.2 Å². The maximum Gasteiger partial charge on any atom is 0.508 e. The number of carbonyl (C=O) groups excluding carboxylic acids is 1. The minimum Gasteiger partial charge on any atom is -0.438 e. The minimum absolute atomic E-state index is 0.252. The summed E-state index contributed by atoms with van der Waals surface area (Å²) < 4.78 is 18.2. The molecule has 0 spiro atoms. The van der Waals surface area contributed by atoms with Crippen molar-refractivity contribution in [2.24, 2.45) is 0 Å². The number of hydrogen-bond donors (Lipinski definition) is 1. The third kappa shape index (κ3) is 15.6. The number of hydrogen-bond acceptors (Lipinski definition) is 6. The fourth-order valence-corrected chi connectivity index (χ4v) is 0.722. The Labute approximate surface area is 96.4 Å². The second kappa shape index (κ2) is 12.2. The first-order valence-electron chi connectivity index (χ1n) is 4.88. The third-order valence-corrected chi connectivity index (χ3v) is 1.27.